The Labute approximate surface area is 339 Å². The monoisotopic (exact) mass is 1050 g/mol. The van der Waals surface area contributed by atoms with Gasteiger partial charge in [-0.3, -0.25) is 0 Å². The summed E-state index contributed by atoms with van der Waals surface area (Å²) >= 11 is 0. The molecule has 1 heterocycles. The minimum atomic E-state index is -7.25. The average Bonchev–Trinajstić information content (AvgIpc) is 3.04. The normalized spacial score (nSPS) is 23.7. The zero-order chi connectivity index (χ0) is 50.2. The van der Waals surface area contributed by atoms with Crippen molar-refractivity contribution < 1.29 is 145 Å². The fraction of sp³-hybridized carbons (Fsp3) is 1.00. The zero-order valence-corrected chi connectivity index (χ0v) is 34.6. The molecule has 0 radical (unpaired) electrons. The summed E-state index contributed by atoms with van der Waals surface area (Å²) in [5.41, 5.74) is 0. The average molecular weight is 1050 g/mol. The highest BCUT2D eigenvalue weighted by Crippen LogP contribution is 2.55. The van der Waals surface area contributed by atoms with Gasteiger partial charge < -0.3 is 26.6 Å². The van der Waals surface area contributed by atoms with Crippen LogP contribution in [0.1, 0.15) is 19.3 Å². The van der Waals surface area contributed by atoms with Gasteiger partial charge in [-0.1, -0.05) is 0 Å². The molecule has 378 valence electrons. The van der Waals surface area contributed by atoms with Gasteiger partial charge in [-0.2, -0.15) is 119 Å². The first-order valence-electron chi connectivity index (χ1n) is 16.9. The molecule has 1 saturated heterocycles. The zero-order valence-electron chi connectivity index (χ0n) is 31.6. The summed E-state index contributed by atoms with van der Waals surface area (Å²) in [5.74, 6) is -61.4. The number of rotatable bonds is 24. The fourth-order valence-corrected chi connectivity index (χ4v) is 22.7. The number of ether oxygens (including phenoxy) is 3. The van der Waals surface area contributed by atoms with E-state index < -0.39 is 175 Å². The Morgan fingerprint density at radius 1 is 0.302 bits per heavy atom. The SMILES string of the molecule is C[Si]1(CCCOCC(F)(F)C(F)(F)C(F)(F)C(F)(F)F)O[Si](C)(CCCOCC(F)(F)C(F)(F)C(F)(F)C(F)(F)F)O[Si](C)(CCCOCC(F)(F)C(F)(F)C(F)(F)C(F)(F)F)O1. The van der Waals surface area contributed by atoms with Crippen LogP contribution in [-0.2, 0) is 26.6 Å². The van der Waals surface area contributed by atoms with Crippen LogP contribution < -0.4 is 0 Å². The van der Waals surface area contributed by atoms with Gasteiger partial charge in [-0.05, 0) is 57.0 Å². The predicted molar refractivity (Wildman–Crippen MR) is 162 cm³/mol. The van der Waals surface area contributed by atoms with Gasteiger partial charge in [0, 0.05) is 19.8 Å². The summed E-state index contributed by atoms with van der Waals surface area (Å²) in [6, 6.07) is -1.63. The maximum absolute atomic E-state index is 13.8. The third kappa shape index (κ3) is 12.7. The van der Waals surface area contributed by atoms with E-state index >= 15 is 0 Å². The highest BCUT2D eigenvalue weighted by Gasteiger charge is 2.84. The molecule has 0 aromatic heterocycles. The van der Waals surface area contributed by atoms with Crippen molar-refractivity contribution in [2.75, 3.05) is 39.6 Å². The molecule has 1 aliphatic heterocycles. The third-order valence-electron chi connectivity index (χ3n) is 8.53. The standard InChI is InChI=1S/C27H33F27O6Si3/c1-61(10-4-7-55-13-16(28,29)19(34,35)22(40,41)25(46,47)48)58-62(2,11-5-8-56-14-17(30,31)20(36,37)23(42,43)26(49,50)51)60-63(3,59-61)12-6-9-57-15-18(32,33)21(38,39)24(44,45)27(52,53)54/h4-15H2,1-3H3. The van der Waals surface area contributed by atoms with Crippen molar-refractivity contribution in [2.24, 2.45) is 0 Å². The topological polar surface area (TPSA) is 55.4 Å². The molecule has 1 aliphatic rings. The molecule has 0 bridgehead atoms. The molecule has 36 heteroatoms. The van der Waals surface area contributed by atoms with Gasteiger partial charge in [0.2, 0.25) is 0 Å². The Hall–Kier alpha value is -1.48. The van der Waals surface area contributed by atoms with Crippen LogP contribution >= 0.6 is 0 Å². The van der Waals surface area contributed by atoms with Crippen molar-refractivity contribution in [2.45, 2.75) is 129 Å². The van der Waals surface area contributed by atoms with Crippen LogP contribution in [0.3, 0.4) is 0 Å². The molecule has 6 nitrogen and oxygen atoms in total. The molecule has 0 aromatic carbocycles. The second kappa shape index (κ2) is 18.9. The van der Waals surface area contributed by atoms with Crippen molar-refractivity contribution in [1.29, 1.82) is 0 Å². The first-order valence-corrected chi connectivity index (χ1v) is 24.5. The molecule has 0 amide bonds. The highest BCUT2D eigenvalue weighted by molar-refractivity contribution is 6.93. The van der Waals surface area contributed by atoms with Crippen LogP contribution in [0.5, 0.6) is 0 Å². The number of hydrogen-bond donors (Lipinski definition) is 0. The van der Waals surface area contributed by atoms with Crippen LogP contribution in [0.15, 0.2) is 0 Å². The van der Waals surface area contributed by atoms with E-state index in [0.717, 1.165) is 19.6 Å². The first kappa shape index (κ1) is 59.5. The van der Waals surface area contributed by atoms with Gasteiger partial charge in [-0.15, -0.1) is 0 Å². The third-order valence-corrected chi connectivity index (χ3v) is 22.7. The Morgan fingerprint density at radius 2 is 0.476 bits per heavy atom. The first-order chi connectivity index (χ1) is 27.5. The Morgan fingerprint density at radius 3 is 0.635 bits per heavy atom. The molecule has 1 fully saturated rings. The molecule has 0 N–H and O–H groups in total. The second-order valence-electron chi connectivity index (χ2n) is 14.2. The lowest BCUT2D eigenvalue weighted by molar-refractivity contribution is -0.399. The summed E-state index contributed by atoms with van der Waals surface area (Å²) in [6.07, 6.45) is -23.4. The summed E-state index contributed by atoms with van der Waals surface area (Å²) in [6.45, 7) is -8.25. The molecule has 0 atom stereocenters. The fourth-order valence-electron chi connectivity index (χ4n) is 5.32. The van der Waals surface area contributed by atoms with E-state index in [0.29, 0.717) is 0 Å². The lowest BCUT2D eigenvalue weighted by atomic mass is 10.0. The summed E-state index contributed by atoms with van der Waals surface area (Å²) < 4.78 is 385. The largest absolute Gasteiger partial charge is 0.460 e. The van der Waals surface area contributed by atoms with Crippen LogP contribution in [0.4, 0.5) is 119 Å². The van der Waals surface area contributed by atoms with E-state index in [-0.39, 0.29) is 0 Å². The van der Waals surface area contributed by atoms with Gasteiger partial charge in [0.15, 0.2) is 0 Å². The smallest absolute Gasteiger partial charge is 0.416 e. The van der Waals surface area contributed by atoms with Crippen LogP contribution in [0.25, 0.3) is 0 Å². The Balaban J connectivity index is 3.17. The number of halogens is 27. The number of alkyl halides is 27. The summed E-state index contributed by atoms with van der Waals surface area (Å²) in [5, 5.41) is 0. The number of hydrogen-bond acceptors (Lipinski definition) is 6. The van der Waals surface area contributed by atoms with Gasteiger partial charge in [0.1, 0.15) is 19.8 Å². The van der Waals surface area contributed by atoms with Gasteiger partial charge >= 0.3 is 97.5 Å². The van der Waals surface area contributed by atoms with Crippen LogP contribution in [0.2, 0.25) is 37.8 Å². The molecule has 0 spiro atoms. The molecule has 0 unspecified atom stereocenters. The predicted octanol–water partition coefficient (Wildman–Crippen LogP) is 11.9. The van der Waals surface area contributed by atoms with E-state index in [4.69, 9.17) is 12.3 Å². The molecular formula is C27H33F27O6Si3. The van der Waals surface area contributed by atoms with E-state index in [2.05, 4.69) is 14.2 Å². The second-order valence-corrected chi connectivity index (χ2v) is 25.0. The molecule has 0 aliphatic carbocycles. The van der Waals surface area contributed by atoms with Crippen molar-refractivity contribution in [3.8, 4) is 0 Å². The molecule has 63 heavy (non-hydrogen) atoms. The van der Waals surface area contributed by atoms with Crippen molar-refractivity contribution in [1.82, 2.24) is 0 Å². The molecule has 0 saturated carbocycles. The molecular weight excluding hydrogens is 1020 g/mol. The Kier molecular flexibility index (Phi) is 17.9. The van der Waals surface area contributed by atoms with Crippen LogP contribution in [0, 0.1) is 0 Å². The van der Waals surface area contributed by atoms with Crippen LogP contribution in [-0.4, -0.2) is 137 Å². The van der Waals surface area contributed by atoms with E-state index in [1.165, 1.54) is 0 Å². The maximum atomic E-state index is 13.8. The van der Waals surface area contributed by atoms with Gasteiger partial charge in [-0.25, -0.2) is 0 Å². The van der Waals surface area contributed by atoms with E-state index in [1.54, 1.807) is 0 Å². The minimum Gasteiger partial charge on any atom is -0.416 e. The molecule has 1 rings (SSSR count). The van der Waals surface area contributed by atoms with Gasteiger partial charge in [0.25, 0.3) is 0 Å². The maximum Gasteiger partial charge on any atom is 0.460 e. The highest BCUT2D eigenvalue weighted by atomic mass is 28.5. The molecule has 0 aromatic rings. The summed E-state index contributed by atoms with van der Waals surface area (Å²) in [7, 11) is -12.0. The summed E-state index contributed by atoms with van der Waals surface area (Å²) in [4.78, 5) is 0. The quantitative estimate of drug-likeness (QED) is 0.0545. The minimum absolute atomic E-state index is 0.543. The van der Waals surface area contributed by atoms with E-state index in [1.807, 2.05) is 0 Å². The Bertz CT molecular complexity index is 1310. The lowest BCUT2D eigenvalue weighted by Gasteiger charge is -2.50. The van der Waals surface area contributed by atoms with Crippen molar-refractivity contribution >= 4 is 25.7 Å². The van der Waals surface area contributed by atoms with Gasteiger partial charge in [0.05, 0.1) is 0 Å². The lowest BCUT2D eigenvalue weighted by Crippen LogP contribution is -2.67. The van der Waals surface area contributed by atoms with E-state index in [9.17, 15) is 119 Å². The van der Waals surface area contributed by atoms with Crippen molar-refractivity contribution in [3.63, 3.8) is 0 Å². The van der Waals surface area contributed by atoms with Crippen molar-refractivity contribution in [3.05, 3.63) is 0 Å².